The predicted molar refractivity (Wildman–Crippen MR) is 126 cm³/mol. The minimum Gasteiger partial charge on any atom is -0.376 e. The molecule has 1 N–H and O–H groups in total. The van der Waals surface area contributed by atoms with Crippen LogP contribution in [0.15, 0.2) is 29.2 Å². The number of sulfonamides is 1. The summed E-state index contributed by atoms with van der Waals surface area (Å²) in [5, 5.41) is 7.69. The second-order valence-electron chi connectivity index (χ2n) is 7.55. The third-order valence-corrected chi connectivity index (χ3v) is 6.93. The fourth-order valence-electron chi connectivity index (χ4n) is 2.92. The van der Waals surface area contributed by atoms with Crippen LogP contribution in [0.3, 0.4) is 0 Å². The number of rotatable bonds is 9. The highest BCUT2D eigenvalue weighted by Crippen LogP contribution is 2.29. The number of nitrogens with zero attached hydrogens (tertiary/aromatic N) is 4. The van der Waals surface area contributed by atoms with Gasteiger partial charge in [-0.1, -0.05) is 24.9 Å². The highest BCUT2D eigenvalue weighted by molar-refractivity contribution is 7.89. The van der Waals surface area contributed by atoms with Crippen molar-refractivity contribution in [2.45, 2.75) is 38.1 Å². The maximum Gasteiger partial charge on any atom is 0.248 e. The van der Waals surface area contributed by atoms with Crippen LogP contribution in [0.2, 0.25) is 5.15 Å². The Balaban J connectivity index is 2.30. The molecule has 1 aromatic heterocycles. The van der Waals surface area contributed by atoms with E-state index >= 15 is 0 Å². The standard InChI is InChI=1S/C21H30ClN5O3S/c1-7-8-13-27-21(22)17(15(2)24-27)10-12-20(28)23-18-14-16(31(29,30)26(5)6)9-11-19(18)25(3)4/h9-12,14H,7-8,13H2,1-6H3,(H,23,28)/b12-10+. The van der Waals surface area contributed by atoms with Gasteiger partial charge in [0, 0.05) is 46.4 Å². The van der Waals surface area contributed by atoms with Gasteiger partial charge in [-0.25, -0.2) is 12.7 Å². The fourth-order valence-corrected chi connectivity index (χ4v) is 4.17. The maximum absolute atomic E-state index is 12.6. The molecule has 31 heavy (non-hydrogen) atoms. The van der Waals surface area contributed by atoms with Gasteiger partial charge in [0.2, 0.25) is 15.9 Å². The summed E-state index contributed by atoms with van der Waals surface area (Å²) >= 11 is 6.42. The quantitative estimate of drug-likeness (QED) is 0.569. The van der Waals surface area contributed by atoms with Crippen molar-refractivity contribution in [1.29, 1.82) is 0 Å². The van der Waals surface area contributed by atoms with Crippen LogP contribution in [-0.2, 0) is 21.4 Å². The minimum atomic E-state index is -3.63. The van der Waals surface area contributed by atoms with Gasteiger partial charge < -0.3 is 10.2 Å². The van der Waals surface area contributed by atoms with E-state index < -0.39 is 15.9 Å². The van der Waals surface area contributed by atoms with Gasteiger partial charge in [-0.2, -0.15) is 5.10 Å². The van der Waals surface area contributed by atoms with E-state index in [-0.39, 0.29) is 4.90 Å². The molecule has 0 spiro atoms. The predicted octanol–water partition coefficient (Wildman–Crippen LogP) is 3.61. The number of unbranched alkanes of at least 4 members (excludes halogenated alkanes) is 1. The highest BCUT2D eigenvalue weighted by atomic mass is 35.5. The lowest BCUT2D eigenvalue weighted by Crippen LogP contribution is -2.23. The molecule has 10 heteroatoms. The van der Waals surface area contributed by atoms with E-state index in [9.17, 15) is 13.2 Å². The van der Waals surface area contributed by atoms with Crippen molar-refractivity contribution < 1.29 is 13.2 Å². The Labute approximate surface area is 189 Å². The Morgan fingerprint density at radius 1 is 1.26 bits per heavy atom. The van der Waals surface area contributed by atoms with Crippen LogP contribution in [0.1, 0.15) is 31.0 Å². The number of aromatic nitrogens is 2. The number of hydrogen-bond donors (Lipinski definition) is 1. The van der Waals surface area contributed by atoms with Gasteiger partial charge in [-0.15, -0.1) is 0 Å². The summed E-state index contributed by atoms with van der Waals surface area (Å²) in [5.74, 6) is -0.403. The van der Waals surface area contributed by atoms with Crippen molar-refractivity contribution in [2.75, 3.05) is 38.4 Å². The maximum atomic E-state index is 12.6. The number of amides is 1. The van der Waals surface area contributed by atoms with E-state index in [0.29, 0.717) is 22.1 Å². The first-order valence-electron chi connectivity index (χ1n) is 9.94. The molecule has 0 bridgehead atoms. The molecule has 170 valence electrons. The number of benzene rings is 1. The summed E-state index contributed by atoms with van der Waals surface area (Å²) in [6, 6.07) is 4.63. The Hall–Kier alpha value is -2.36. The Morgan fingerprint density at radius 3 is 2.52 bits per heavy atom. The van der Waals surface area contributed by atoms with Gasteiger partial charge in [0.25, 0.3) is 0 Å². The third-order valence-electron chi connectivity index (χ3n) is 4.72. The fraction of sp³-hybridized carbons (Fsp3) is 0.429. The summed E-state index contributed by atoms with van der Waals surface area (Å²) in [6.45, 7) is 4.65. The summed E-state index contributed by atoms with van der Waals surface area (Å²) in [5.41, 5.74) is 2.49. The monoisotopic (exact) mass is 467 g/mol. The molecule has 0 aliphatic carbocycles. The third kappa shape index (κ3) is 5.87. The Bertz CT molecular complexity index is 1070. The van der Waals surface area contributed by atoms with E-state index in [2.05, 4.69) is 17.3 Å². The van der Waals surface area contributed by atoms with Crippen molar-refractivity contribution in [2.24, 2.45) is 0 Å². The first kappa shape index (κ1) is 24.9. The molecule has 1 amide bonds. The van der Waals surface area contributed by atoms with Crippen LogP contribution >= 0.6 is 11.6 Å². The van der Waals surface area contributed by atoms with Crippen LogP contribution in [0, 0.1) is 6.92 Å². The van der Waals surface area contributed by atoms with Crippen molar-refractivity contribution in [1.82, 2.24) is 14.1 Å². The van der Waals surface area contributed by atoms with E-state index in [1.54, 1.807) is 21.7 Å². The molecule has 1 heterocycles. The molecule has 0 unspecified atom stereocenters. The highest BCUT2D eigenvalue weighted by Gasteiger charge is 2.20. The van der Waals surface area contributed by atoms with Crippen LogP contribution in [-0.4, -0.2) is 56.6 Å². The minimum absolute atomic E-state index is 0.0958. The molecular formula is C21H30ClN5O3S. The number of anilines is 2. The normalized spacial score (nSPS) is 12.0. The zero-order valence-electron chi connectivity index (χ0n) is 18.8. The smallest absolute Gasteiger partial charge is 0.248 e. The van der Waals surface area contributed by atoms with Crippen LogP contribution in [0.4, 0.5) is 11.4 Å². The van der Waals surface area contributed by atoms with Crippen LogP contribution < -0.4 is 10.2 Å². The topological polar surface area (TPSA) is 87.5 Å². The molecular weight excluding hydrogens is 438 g/mol. The van der Waals surface area contributed by atoms with Gasteiger partial charge in [0.1, 0.15) is 5.15 Å². The Kier molecular flexibility index (Phi) is 8.27. The lowest BCUT2D eigenvalue weighted by molar-refractivity contribution is -0.111. The zero-order valence-corrected chi connectivity index (χ0v) is 20.4. The first-order chi connectivity index (χ1) is 14.5. The van der Waals surface area contributed by atoms with Gasteiger partial charge in [0.15, 0.2) is 0 Å². The second kappa shape index (κ2) is 10.3. The van der Waals surface area contributed by atoms with Crippen molar-refractivity contribution in [3.63, 3.8) is 0 Å². The average molecular weight is 468 g/mol. The zero-order chi connectivity index (χ0) is 23.3. The molecule has 0 radical (unpaired) electrons. The summed E-state index contributed by atoms with van der Waals surface area (Å²) in [7, 11) is 2.92. The van der Waals surface area contributed by atoms with E-state index in [1.165, 1.54) is 32.3 Å². The summed E-state index contributed by atoms with van der Waals surface area (Å²) in [4.78, 5) is 14.5. The average Bonchev–Trinajstić information content (AvgIpc) is 2.97. The lowest BCUT2D eigenvalue weighted by Gasteiger charge is -2.19. The van der Waals surface area contributed by atoms with Crippen molar-refractivity contribution >= 4 is 45.0 Å². The van der Waals surface area contributed by atoms with Crippen LogP contribution in [0.5, 0.6) is 0 Å². The molecule has 8 nitrogen and oxygen atoms in total. The Morgan fingerprint density at radius 2 is 1.94 bits per heavy atom. The molecule has 0 saturated carbocycles. The molecule has 0 aliphatic heterocycles. The molecule has 0 fully saturated rings. The molecule has 2 aromatic rings. The SMILES string of the molecule is CCCCn1nc(C)c(/C=C/C(=O)Nc2cc(S(=O)(=O)N(C)C)ccc2N(C)C)c1Cl. The van der Waals surface area contributed by atoms with Gasteiger partial charge in [-0.3, -0.25) is 9.48 Å². The first-order valence-corrected chi connectivity index (χ1v) is 11.8. The van der Waals surface area contributed by atoms with E-state index in [0.717, 1.165) is 29.4 Å². The lowest BCUT2D eigenvalue weighted by atomic mass is 10.2. The molecule has 2 rings (SSSR count). The summed E-state index contributed by atoms with van der Waals surface area (Å²) in [6.07, 6.45) is 4.98. The molecule has 0 saturated heterocycles. The van der Waals surface area contributed by atoms with Gasteiger partial charge in [-0.05, 0) is 37.6 Å². The number of carbonyl (C=O) groups is 1. The van der Waals surface area contributed by atoms with E-state index in [1.807, 2.05) is 21.0 Å². The van der Waals surface area contributed by atoms with Crippen LogP contribution in [0.25, 0.3) is 6.08 Å². The van der Waals surface area contributed by atoms with Gasteiger partial charge >= 0.3 is 0 Å². The van der Waals surface area contributed by atoms with Crippen molar-refractivity contribution in [3.8, 4) is 0 Å². The van der Waals surface area contributed by atoms with E-state index in [4.69, 9.17) is 11.6 Å². The number of hydrogen-bond acceptors (Lipinski definition) is 5. The van der Waals surface area contributed by atoms with Crippen molar-refractivity contribution in [3.05, 3.63) is 40.7 Å². The number of halogens is 1. The number of aryl methyl sites for hydroxylation is 2. The number of nitrogens with one attached hydrogen (secondary N) is 1. The number of carbonyl (C=O) groups excluding carboxylic acids is 1. The largest absolute Gasteiger partial charge is 0.376 e. The van der Waals surface area contributed by atoms with Gasteiger partial charge in [0.05, 0.1) is 22.0 Å². The molecule has 0 aliphatic rings. The summed E-state index contributed by atoms with van der Waals surface area (Å²) < 4.78 is 27.8. The molecule has 0 atom stereocenters. The molecule has 1 aromatic carbocycles. The second-order valence-corrected chi connectivity index (χ2v) is 10.1.